The maximum absolute atomic E-state index is 12.6. The molecule has 2 aromatic rings. The molecule has 0 aromatic heterocycles. The molecule has 0 radical (unpaired) electrons. The van der Waals surface area contributed by atoms with Crippen LogP contribution in [0.4, 0.5) is 5.69 Å². The maximum atomic E-state index is 12.6. The molecule has 6 nitrogen and oxygen atoms in total. The fourth-order valence-electron chi connectivity index (χ4n) is 2.63. The summed E-state index contributed by atoms with van der Waals surface area (Å²) in [4.78, 5) is 26.5. The molecule has 144 valence electrons. The molecule has 7 heteroatoms. The second-order valence-corrected chi connectivity index (χ2v) is 6.37. The lowest BCUT2D eigenvalue weighted by Gasteiger charge is -2.26. The summed E-state index contributed by atoms with van der Waals surface area (Å²) in [5, 5.41) is 0.211. The lowest BCUT2D eigenvalue weighted by atomic mass is 10.2. The Labute approximate surface area is 163 Å². The lowest BCUT2D eigenvalue weighted by molar-refractivity contribution is -0.122. The van der Waals surface area contributed by atoms with E-state index < -0.39 is 12.6 Å². The average Bonchev–Trinajstić information content (AvgIpc) is 2.66. The van der Waals surface area contributed by atoms with E-state index in [1.165, 1.54) is 26.4 Å². The summed E-state index contributed by atoms with van der Waals surface area (Å²) in [5.41, 5.74) is 0.906. The van der Waals surface area contributed by atoms with E-state index in [1.54, 1.807) is 4.90 Å². The van der Waals surface area contributed by atoms with Crippen molar-refractivity contribution in [2.24, 2.45) is 0 Å². The van der Waals surface area contributed by atoms with Crippen molar-refractivity contribution in [1.29, 1.82) is 0 Å². The Morgan fingerprint density at radius 1 is 1.07 bits per heavy atom. The summed E-state index contributed by atoms with van der Waals surface area (Å²) in [6.45, 7) is 3.39. The molecule has 0 unspecified atom stereocenters. The Kier molecular flexibility index (Phi) is 7.07. The smallest absolute Gasteiger partial charge is 0.338 e. The van der Waals surface area contributed by atoms with E-state index in [4.69, 9.17) is 25.8 Å². The Hall–Kier alpha value is -2.73. The largest absolute Gasteiger partial charge is 0.493 e. The van der Waals surface area contributed by atoms with E-state index in [9.17, 15) is 9.59 Å². The number of amides is 1. The van der Waals surface area contributed by atoms with Crippen LogP contribution in [0.5, 0.6) is 11.5 Å². The van der Waals surface area contributed by atoms with Gasteiger partial charge in [-0.1, -0.05) is 29.8 Å². The molecule has 0 bridgehead atoms. The first-order valence-electron chi connectivity index (χ1n) is 8.34. The van der Waals surface area contributed by atoms with Crippen molar-refractivity contribution in [2.45, 2.75) is 19.9 Å². The van der Waals surface area contributed by atoms with Gasteiger partial charge in [0, 0.05) is 11.7 Å². The number of hydrogen-bond donors (Lipinski definition) is 0. The molecule has 0 atom stereocenters. The van der Waals surface area contributed by atoms with Crippen LogP contribution in [-0.4, -0.2) is 38.7 Å². The third-order valence-corrected chi connectivity index (χ3v) is 4.10. The summed E-state index contributed by atoms with van der Waals surface area (Å²) < 4.78 is 15.5. The quantitative estimate of drug-likeness (QED) is 0.668. The van der Waals surface area contributed by atoms with Gasteiger partial charge in [-0.05, 0) is 38.1 Å². The van der Waals surface area contributed by atoms with Gasteiger partial charge in [0.05, 0.1) is 24.8 Å². The minimum absolute atomic E-state index is 0.0888. The van der Waals surface area contributed by atoms with Crippen LogP contribution in [0.2, 0.25) is 5.02 Å². The molecule has 0 aliphatic rings. The highest BCUT2D eigenvalue weighted by molar-refractivity contribution is 6.32. The van der Waals surface area contributed by atoms with Crippen LogP contribution in [0.1, 0.15) is 24.2 Å². The number of carbonyl (C=O) groups excluding carboxylic acids is 2. The number of esters is 1. The Bertz CT molecular complexity index is 808. The molecular weight excluding hydrogens is 370 g/mol. The first-order valence-corrected chi connectivity index (χ1v) is 8.72. The highest BCUT2D eigenvalue weighted by Crippen LogP contribution is 2.36. The van der Waals surface area contributed by atoms with Crippen molar-refractivity contribution in [1.82, 2.24) is 0 Å². The number of halogens is 1. The topological polar surface area (TPSA) is 65.1 Å². The van der Waals surface area contributed by atoms with Crippen molar-refractivity contribution in [3.8, 4) is 11.5 Å². The van der Waals surface area contributed by atoms with Gasteiger partial charge in [0.15, 0.2) is 18.1 Å². The Morgan fingerprint density at radius 2 is 1.74 bits per heavy atom. The monoisotopic (exact) mass is 391 g/mol. The van der Waals surface area contributed by atoms with Crippen molar-refractivity contribution >= 4 is 29.2 Å². The van der Waals surface area contributed by atoms with Gasteiger partial charge >= 0.3 is 5.97 Å². The Morgan fingerprint density at radius 3 is 2.30 bits per heavy atom. The van der Waals surface area contributed by atoms with Crippen molar-refractivity contribution in [3.05, 3.63) is 53.1 Å². The molecular formula is C20H22ClNO5. The van der Waals surface area contributed by atoms with Gasteiger partial charge in [-0.25, -0.2) is 4.79 Å². The average molecular weight is 392 g/mol. The first kappa shape index (κ1) is 20.6. The fourth-order valence-corrected chi connectivity index (χ4v) is 2.92. The summed E-state index contributed by atoms with van der Waals surface area (Å²) in [7, 11) is 2.89. The van der Waals surface area contributed by atoms with Crippen LogP contribution in [0, 0.1) is 0 Å². The third kappa shape index (κ3) is 4.92. The number of anilines is 1. The summed E-state index contributed by atoms with van der Waals surface area (Å²) >= 11 is 6.10. The van der Waals surface area contributed by atoms with Gasteiger partial charge in [-0.3, -0.25) is 4.79 Å². The number of para-hydroxylation sites is 1. The summed E-state index contributed by atoms with van der Waals surface area (Å²) in [5.74, 6) is -0.377. The molecule has 0 saturated heterocycles. The second kappa shape index (κ2) is 9.28. The third-order valence-electron chi connectivity index (χ3n) is 3.82. The maximum Gasteiger partial charge on any atom is 0.338 e. The number of carbonyl (C=O) groups is 2. The van der Waals surface area contributed by atoms with E-state index in [0.29, 0.717) is 11.5 Å². The zero-order valence-electron chi connectivity index (χ0n) is 15.7. The molecule has 0 fully saturated rings. The standard InChI is InChI=1S/C20H22ClNO5/c1-13(2)22(15-8-6-5-7-9-15)18(23)12-27-20(24)14-10-16(21)19(26-4)17(11-14)25-3/h5-11,13H,12H2,1-4H3. The predicted octanol–water partition coefficient (Wildman–Crippen LogP) is 3.96. The van der Waals surface area contributed by atoms with Crippen LogP contribution >= 0.6 is 11.6 Å². The van der Waals surface area contributed by atoms with Crippen molar-refractivity contribution < 1.29 is 23.8 Å². The first-order chi connectivity index (χ1) is 12.9. The lowest BCUT2D eigenvalue weighted by Crippen LogP contribution is -2.39. The number of benzene rings is 2. The Balaban J connectivity index is 2.12. The molecule has 0 heterocycles. The summed E-state index contributed by atoms with van der Waals surface area (Å²) in [6, 6.07) is 12.0. The molecule has 0 spiro atoms. The van der Waals surface area contributed by atoms with Gasteiger partial charge < -0.3 is 19.1 Å². The van der Waals surface area contributed by atoms with E-state index in [0.717, 1.165) is 5.69 Å². The van der Waals surface area contributed by atoms with Crippen molar-refractivity contribution in [2.75, 3.05) is 25.7 Å². The van der Waals surface area contributed by atoms with Gasteiger partial charge in [0.25, 0.3) is 5.91 Å². The van der Waals surface area contributed by atoms with E-state index in [1.807, 2.05) is 44.2 Å². The van der Waals surface area contributed by atoms with E-state index >= 15 is 0 Å². The molecule has 2 rings (SSSR count). The van der Waals surface area contributed by atoms with Crippen LogP contribution in [-0.2, 0) is 9.53 Å². The highest BCUT2D eigenvalue weighted by atomic mass is 35.5. The number of rotatable bonds is 7. The normalized spacial score (nSPS) is 10.4. The molecule has 0 aliphatic carbocycles. The van der Waals surface area contributed by atoms with E-state index in [2.05, 4.69) is 0 Å². The second-order valence-electron chi connectivity index (χ2n) is 5.96. The number of ether oxygens (including phenoxy) is 3. The SMILES string of the molecule is COc1cc(C(=O)OCC(=O)N(c2ccccc2)C(C)C)cc(Cl)c1OC. The minimum Gasteiger partial charge on any atom is -0.493 e. The van der Waals surface area contributed by atoms with Crippen molar-refractivity contribution in [3.63, 3.8) is 0 Å². The molecule has 0 saturated carbocycles. The number of hydrogen-bond acceptors (Lipinski definition) is 5. The van der Waals surface area contributed by atoms with Crippen LogP contribution in [0.15, 0.2) is 42.5 Å². The summed E-state index contributed by atoms with van der Waals surface area (Å²) in [6.07, 6.45) is 0. The molecule has 0 aliphatic heterocycles. The number of nitrogens with zero attached hydrogens (tertiary/aromatic N) is 1. The van der Waals surface area contributed by atoms with Gasteiger partial charge in [0.1, 0.15) is 0 Å². The predicted molar refractivity (Wildman–Crippen MR) is 104 cm³/mol. The zero-order chi connectivity index (χ0) is 20.0. The minimum atomic E-state index is -0.678. The van der Waals surface area contributed by atoms with Crippen LogP contribution in [0.25, 0.3) is 0 Å². The zero-order valence-corrected chi connectivity index (χ0v) is 16.4. The molecule has 27 heavy (non-hydrogen) atoms. The molecule has 2 aromatic carbocycles. The number of methoxy groups -OCH3 is 2. The van der Waals surface area contributed by atoms with Crippen LogP contribution in [0.3, 0.4) is 0 Å². The fraction of sp³-hybridized carbons (Fsp3) is 0.300. The highest BCUT2D eigenvalue weighted by Gasteiger charge is 2.22. The van der Waals surface area contributed by atoms with Gasteiger partial charge in [-0.2, -0.15) is 0 Å². The van der Waals surface area contributed by atoms with Gasteiger partial charge in [-0.15, -0.1) is 0 Å². The molecule has 0 N–H and O–H groups in total. The van der Waals surface area contributed by atoms with Gasteiger partial charge in [0.2, 0.25) is 0 Å². The van der Waals surface area contributed by atoms with Crippen LogP contribution < -0.4 is 14.4 Å². The molecule has 1 amide bonds. The van der Waals surface area contributed by atoms with E-state index in [-0.39, 0.29) is 22.5 Å².